The predicted molar refractivity (Wildman–Crippen MR) is 115 cm³/mol. The second kappa shape index (κ2) is 7.49. The summed E-state index contributed by atoms with van der Waals surface area (Å²) < 4.78 is 3.70. The van der Waals surface area contributed by atoms with Crippen LogP contribution in [0.25, 0.3) is 0 Å². The second-order valence-electron chi connectivity index (χ2n) is 8.15. The number of fused-ring (bicyclic) bond motifs is 1. The van der Waals surface area contributed by atoms with Gasteiger partial charge in [-0.2, -0.15) is 5.10 Å². The molecule has 1 amide bonds. The lowest BCUT2D eigenvalue weighted by molar-refractivity contribution is -0.117. The van der Waals surface area contributed by atoms with Crippen LogP contribution in [0.5, 0.6) is 0 Å². The van der Waals surface area contributed by atoms with Crippen molar-refractivity contribution in [1.82, 2.24) is 24.5 Å². The standard InChI is InChI=1S/C20H23N7O3S/c1-10-7-15(26(2)25-10)22-20-24-21-9-27(20)12-5-6-14-13(8-12)16(19(29)30)18(31-14)23-17(28)11-3-4-11/h7,9,11-12H,3-6,8H2,1-2H3,(H,22,24)(H,23,28)(H,29,30). The number of aryl methyl sites for hydroxylation is 3. The molecule has 2 aliphatic rings. The number of rotatable bonds is 6. The highest BCUT2D eigenvalue weighted by molar-refractivity contribution is 7.17. The first-order valence-corrected chi connectivity index (χ1v) is 11.1. The Morgan fingerprint density at radius 2 is 2.10 bits per heavy atom. The number of amides is 1. The minimum absolute atomic E-state index is 0.0130. The van der Waals surface area contributed by atoms with Crippen LogP contribution in [0.4, 0.5) is 16.8 Å². The molecule has 0 bridgehead atoms. The monoisotopic (exact) mass is 441 g/mol. The van der Waals surface area contributed by atoms with E-state index < -0.39 is 5.97 Å². The minimum atomic E-state index is -1.00. The third-order valence-corrected chi connectivity index (χ3v) is 7.05. The van der Waals surface area contributed by atoms with E-state index in [1.165, 1.54) is 11.3 Å². The molecule has 1 fully saturated rings. The van der Waals surface area contributed by atoms with Crippen LogP contribution < -0.4 is 10.6 Å². The zero-order valence-corrected chi connectivity index (χ0v) is 18.1. The van der Waals surface area contributed by atoms with Gasteiger partial charge in [0.1, 0.15) is 17.1 Å². The molecule has 1 atom stereocenters. The molecule has 0 radical (unpaired) electrons. The highest BCUT2D eigenvalue weighted by Gasteiger charge is 2.34. The largest absolute Gasteiger partial charge is 0.478 e. The van der Waals surface area contributed by atoms with Crippen LogP contribution in [0.2, 0.25) is 0 Å². The Morgan fingerprint density at radius 3 is 2.77 bits per heavy atom. The van der Waals surface area contributed by atoms with Gasteiger partial charge in [0, 0.05) is 30.0 Å². The Balaban J connectivity index is 1.41. The Bertz CT molecular complexity index is 1170. The molecule has 0 aromatic carbocycles. The second-order valence-corrected chi connectivity index (χ2v) is 9.26. The zero-order chi connectivity index (χ0) is 21.7. The summed E-state index contributed by atoms with van der Waals surface area (Å²) in [6.07, 6.45) is 5.54. The number of aromatic carboxylic acids is 1. The summed E-state index contributed by atoms with van der Waals surface area (Å²) in [5.41, 5.74) is 1.92. The van der Waals surface area contributed by atoms with Crippen molar-refractivity contribution in [2.24, 2.45) is 13.0 Å². The van der Waals surface area contributed by atoms with Gasteiger partial charge in [0.05, 0.1) is 11.3 Å². The van der Waals surface area contributed by atoms with E-state index in [4.69, 9.17) is 0 Å². The first-order valence-electron chi connectivity index (χ1n) is 10.3. The highest BCUT2D eigenvalue weighted by atomic mass is 32.1. The summed E-state index contributed by atoms with van der Waals surface area (Å²) in [5, 5.41) is 29.1. The van der Waals surface area contributed by atoms with Crippen molar-refractivity contribution in [1.29, 1.82) is 0 Å². The van der Waals surface area contributed by atoms with Gasteiger partial charge in [-0.15, -0.1) is 21.5 Å². The highest BCUT2D eigenvalue weighted by Crippen LogP contribution is 2.42. The first-order chi connectivity index (χ1) is 14.9. The van der Waals surface area contributed by atoms with Gasteiger partial charge in [0.15, 0.2) is 0 Å². The van der Waals surface area contributed by atoms with Crippen LogP contribution in [0.3, 0.4) is 0 Å². The summed E-state index contributed by atoms with van der Waals surface area (Å²) in [6, 6.07) is 1.94. The Hall–Kier alpha value is -3.21. The third kappa shape index (κ3) is 3.69. The van der Waals surface area contributed by atoms with Gasteiger partial charge in [-0.05, 0) is 44.6 Å². The summed E-state index contributed by atoms with van der Waals surface area (Å²) in [5.74, 6) is 0.335. The lowest BCUT2D eigenvalue weighted by Crippen LogP contribution is -2.20. The normalized spacial score (nSPS) is 17.9. The molecule has 0 spiro atoms. The molecule has 2 aliphatic carbocycles. The number of nitrogens with zero attached hydrogens (tertiary/aromatic N) is 5. The lowest BCUT2D eigenvalue weighted by atomic mass is 9.91. The molecule has 3 heterocycles. The van der Waals surface area contributed by atoms with E-state index in [1.54, 1.807) is 11.0 Å². The van der Waals surface area contributed by atoms with Crippen LogP contribution in [0, 0.1) is 12.8 Å². The van der Waals surface area contributed by atoms with Crippen molar-refractivity contribution in [3.8, 4) is 0 Å². The van der Waals surface area contributed by atoms with Crippen molar-refractivity contribution in [3.05, 3.63) is 34.1 Å². The Labute approximate surface area is 182 Å². The van der Waals surface area contributed by atoms with Gasteiger partial charge in [-0.25, -0.2) is 4.79 Å². The summed E-state index contributed by atoms with van der Waals surface area (Å²) >= 11 is 1.39. The lowest BCUT2D eigenvalue weighted by Gasteiger charge is -2.25. The molecule has 11 heteroatoms. The molecule has 3 aromatic heterocycles. The summed E-state index contributed by atoms with van der Waals surface area (Å²) in [6.45, 7) is 1.92. The number of carbonyl (C=O) groups excluding carboxylic acids is 1. The van der Waals surface area contributed by atoms with Crippen LogP contribution in [-0.4, -0.2) is 41.5 Å². The van der Waals surface area contributed by atoms with E-state index in [2.05, 4.69) is 25.9 Å². The molecular weight excluding hydrogens is 418 g/mol. The van der Waals surface area contributed by atoms with Crippen LogP contribution in [-0.2, 0) is 24.7 Å². The molecule has 0 aliphatic heterocycles. The third-order valence-electron chi connectivity index (χ3n) is 5.84. The van der Waals surface area contributed by atoms with Crippen molar-refractivity contribution < 1.29 is 14.7 Å². The fourth-order valence-corrected chi connectivity index (χ4v) is 5.36. The predicted octanol–water partition coefficient (Wildman–Crippen LogP) is 2.90. The van der Waals surface area contributed by atoms with Crippen molar-refractivity contribution in [2.45, 2.75) is 45.1 Å². The number of thiophene rings is 1. The number of carbonyl (C=O) groups is 2. The number of aromatic nitrogens is 5. The minimum Gasteiger partial charge on any atom is -0.478 e. The van der Waals surface area contributed by atoms with Gasteiger partial charge in [-0.3, -0.25) is 14.0 Å². The molecule has 3 N–H and O–H groups in total. The average molecular weight is 442 g/mol. The smallest absolute Gasteiger partial charge is 0.339 e. The summed E-state index contributed by atoms with van der Waals surface area (Å²) in [4.78, 5) is 25.3. The molecule has 5 rings (SSSR count). The van der Waals surface area contributed by atoms with Crippen molar-refractivity contribution in [2.75, 3.05) is 10.6 Å². The number of hydrogen-bond donors (Lipinski definition) is 3. The number of anilines is 3. The van der Waals surface area contributed by atoms with Gasteiger partial charge in [-0.1, -0.05) is 0 Å². The van der Waals surface area contributed by atoms with E-state index in [0.29, 0.717) is 17.4 Å². The summed E-state index contributed by atoms with van der Waals surface area (Å²) in [7, 11) is 1.85. The molecule has 1 saturated carbocycles. The molecule has 1 unspecified atom stereocenters. The van der Waals surface area contributed by atoms with Gasteiger partial charge in [0.2, 0.25) is 11.9 Å². The molecule has 31 heavy (non-hydrogen) atoms. The molecule has 3 aromatic rings. The number of hydrogen-bond acceptors (Lipinski definition) is 7. The van der Waals surface area contributed by atoms with Gasteiger partial charge in [0.25, 0.3) is 0 Å². The SMILES string of the molecule is Cc1cc(Nc2nncn2C2CCc3sc(NC(=O)C4CC4)c(C(=O)O)c3C2)n(C)n1. The number of carboxylic acids is 1. The van der Waals surface area contributed by atoms with Crippen LogP contribution >= 0.6 is 11.3 Å². The number of carboxylic acid groups (broad SMARTS) is 1. The topological polar surface area (TPSA) is 127 Å². The molecule has 162 valence electrons. The fourth-order valence-electron chi connectivity index (χ4n) is 4.12. The zero-order valence-electron chi connectivity index (χ0n) is 17.3. The average Bonchev–Trinajstić information content (AvgIpc) is 3.25. The van der Waals surface area contributed by atoms with Gasteiger partial charge >= 0.3 is 5.97 Å². The molecular formula is C20H23N7O3S. The molecule has 10 nitrogen and oxygen atoms in total. The Morgan fingerprint density at radius 1 is 1.29 bits per heavy atom. The first kappa shape index (κ1) is 19.7. The Kier molecular flexibility index (Phi) is 4.77. The van der Waals surface area contributed by atoms with Crippen LogP contribution in [0.15, 0.2) is 12.4 Å². The number of nitrogens with one attached hydrogen (secondary N) is 2. The fraction of sp³-hybridized carbons (Fsp3) is 0.450. The van der Waals surface area contributed by atoms with E-state index in [1.807, 2.05) is 24.6 Å². The van der Waals surface area contributed by atoms with Gasteiger partial charge < -0.3 is 15.7 Å². The maximum absolute atomic E-state index is 12.2. The van der Waals surface area contributed by atoms with Crippen LogP contribution in [0.1, 0.15) is 51.8 Å². The maximum atomic E-state index is 12.2. The van der Waals surface area contributed by atoms with E-state index in [0.717, 1.165) is 47.6 Å². The maximum Gasteiger partial charge on any atom is 0.339 e. The van der Waals surface area contributed by atoms with E-state index in [-0.39, 0.29) is 23.4 Å². The quantitative estimate of drug-likeness (QED) is 0.537. The van der Waals surface area contributed by atoms with Crippen molar-refractivity contribution in [3.63, 3.8) is 0 Å². The van der Waals surface area contributed by atoms with E-state index in [9.17, 15) is 14.7 Å². The van der Waals surface area contributed by atoms with Crippen molar-refractivity contribution >= 4 is 40.0 Å². The molecule has 0 saturated heterocycles. The van der Waals surface area contributed by atoms with E-state index >= 15 is 0 Å².